The van der Waals surface area contributed by atoms with Gasteiger partial charge in [-0.15, -0.1) is 0 Å². The highest BCUT2D eigenvalue weighted by Gasteiger charge is 2.05. The quantitative estimate of drug-likeness (QED) is 0.217. The van der Waals surface area contributed by atoms with Crippen LogP contribution in [0.2, 0.25) is 0 Å². The van der Waals surface area contributed by atoms with Crippen molar-refractivity contribution in [3.8, 4) is 17.2 Å². The molecule has 1 aliphatic rings. The molecule has 0 atom stereocenters. The Morgan fingerprint density at radius 1 is 0.590 bits per heavy atom. The molecule has 6 rings (SSSR count). The van der Waals surface area contributed by atoms with Gasteiger partial charge in [0.2, 0.25) is 0 Å². The van der Waals surface area contributed by atoms with Crippen LogP contribution < -0.4 is 10.3 Å². The standard InChI is InChI=1S/C14H12O.C8H7NO.2C6H6O/c15-14(13-9-5-2-6-10-13)11-12-7-3-1-4-8-12;1-2-4-8-7(3-1)5-6-9-10-8;2*7-6-4-2-1-3-5-6/h1-10H,11H2;1-6,9H;2*1-5,7H. The zero-order valence-electron chi connectivity index (χ0n) is 21.4. The summed E-state index contributed by atoms with van der Waals surface area (Å²) in [6, 6.07) is 44.5. The van der Waals surface area contributed by atoms with Gasteiger partial charge in [0, 0.05) is 23.7 Å². The van der Waals surface area contributed by atoms with E-state index in [1.807, 2.05) is 103 Å². The van der Waals surface area contributed by atoms with Crippen LogP contribution in [0, 0.1) is 0 Å². The van der Waals surface area contributed by atoms with E-state index in [9.17, 15) is 4.79 Å². The molecule has 0 aliphatic carbocycles. The van der Waals surface area contributed by atoms with Crippen molar-refractivity contribution in [2.45, 2.75) is 6.42 Å². The monoisotopic (exact) mass is 517 g/mol. The third-order valence-electron chi connectivity index (χ3n) is 5.23. The summed E-state index contributed by atoms with van der Waals surface area (Å²) < 4.78 is 0. The predicted octanol–water partition coefficient (Wildman–Crippen LogP) is 7.45. The Hall–Kier alpha value is -5.29. The van der Waals surface area contributed by atoms with Crippen LogP contribution in [0.1, 0.15) is 21.5 Å². The van der Waals surface area contributed by atoms with E-state index in [1.165, 1.54) is 0 Å². The number of carbonyl (C=O) groups is 1. The minimum absolute atomic E-state index is 0.168. The molecule has 0 spiro atoms. The molecule has 0 aromatic heterocycles. The number of Topliss-reactive ketones (excluding diaryl/α,β-unsaturated/α-hetero) is 1. The van der Waals surface area contributed by atoms with Crippen molar-refractivity contribution in [2.24, 2.45) is 0 Å². The summed E-state index contributed by atoms with van der Waals surface area (Å²) in [4.78, 5) is 16.9. The summed E-state index contributed by atoms with van der Waals surface area (Å²) in [6.07, 6.45) is 4.21. The number of fused-ring (bicyclic) bond motifs is 1. The summed E-state index contributed by atoms with van der Waals surface area (Å²) in [5.74, 6) is 1.69. The number of ketones is 1. The second-order valence-electron chi connectivity index (χ2n) is 8.21. The molecule has 5 aromatic rings. The van der Waals surface area contributed by atoms with Gasteiger partial charge in [-0.1, -0.05) is 115 Å². The number of hydrogen-bond acceptors (Lipinski definition) is 5. The highest BCUT2D eigenvalue weighted by Crippen LogP contribution is 2.20. The fourth-order valence-electron chi connectivity index (χ4n) is 3.30. The SMILES string of the molecule is C1=Cc2ccccc2ON1.O=C(Cc1ccccc1)c1ccccc1.Oc1ccccc1.Oc1ccccc1. The Labute approximate surface area is 229 Å². The van der Waals surface area contributed by atoms with Crippen molar-refractivity contribution in [1.29, 1.82) is 0 Å². The molecular weight excluding hydrogens is 486 g/mol. The third kappa shape index (κ3) is 11.1. The van der Waals surface area contributed by atoms with Gasteiger partial charge in [-0.25, -0.2) is 5.48 Å². The molecular formula is C34H31NO4. The summed E-state index contributed by atoms with van der Waals surface area (Å²) in [6.45, 7) is 0. The normalized spacial score (nSPS) is 10.3. The molecule has 39 heavy (non-hydrogen) atoms. The third-order valence-corrected chi connectivity index (χ3v) is 5.23. The largest absolute Gasteiger partial charge is 0.508 e. The van der Waals surface area contributed by atoms with Crippen molar-refractivity contribution in [1.82, 2.24) is 5.48 Å². The van der Waals surface area contributed by atoms with Crippen molar-refractivity contribution in [3.63, 3.8) is 0 Å². The molecule has 5 nitrogen and oxygen atoms in total. The minimum Gasteiger partial charge on any atom is -0.508 e. The zero-order valence-corrected chi connectivity index (χ0v) is 21.4. The molecule has 196 valence electrons. The molecule has 0 radical (unpaired) electrons. The van der Waals surface area contributed by atoms with E-state index in [-0.39, 0.29) is 5.78 Å². The number of nitrogens with one attached hydrogen (secondary N) is 1. The first-order valence-corrected chi connectivity index (χ1v) is 12.4. The molecule has 0 saturated carbocycles. The molecule has 5 aromatic carbocycles. The fraction of sp³-hybridized carbons (Fsp3) is 0.0294. The molecule has 0 bridgehead atoms. The van der Waals surface area contributed by atoms with E-state index in [4.69, 9.17) is 15.1 Å². The van der Waals surface area contributed by atoms with Gasteiger partial charge in [-0.2, -0.15) is 0 Å². The van der Waals surface area contributed by atoms with Crippen LogP contribution in [0.25, 0.3) is 6.08 Å². The second kappa shape index (κ2) is 16.5. The Bertz CT molecular complexity index is 1350. The van der Waals surface area contributed by atoms with Gasteiger partial charge in [0.1, 0.15) is 11.5 Å². The van der Waals surface area contributed by atoms with Crippen molar-refractivity contribution in [2.75, 3.05) is 0 Å². The zero-order chi connectivity index (χ0) is 27.5. The number of carbonyl (C=O) groups excluding carboxylic acids is 1. The maximum absolute atomic E-state index is 11.8. The van der Waals surface area contributed by atoms with Gasteiger partial charge in [-0.05, 0) is 42.0 Å². The van der Waals surface area contributed by atoms with Crippen molar-refractivity contribution < 1.29 is 19.8 Å². The topological polar surface area (TPSA) is 78.8 Å². The first-order chi connectivity index (χ1) is 19.1. The lowest BCUT2D eigenvalue weighted by molar-refractivity contribution is 0.0993. The van der Waals surface area contributed by atoms with Crippen LogP contribution in [0.3, 0.4) is 0 Å². The van der Waals surface area contributed by atoms with Crippen LogP contribution in [0.4, 0.5) is 0 Å². The molecule has 1 aliphatic heterocycles. The lowest BCUT2D eigenvalue weighted by Gasteiger charge is -2.11. The number of phenolic OH excluding ortho intramolecular Hbond substituents is 2. The smallest absolute Gasteiger partial charge is 0.167 e. The number of rotatable bonds is 3. The number of para-hydroxylation sites is 3. The minimum atomic E-state index is 0.168. The van der Waals surface area contributed by atoms with E-state index in [2.05, 4.69) is 5.48 Å². The van der Waals surface area contributed by atoms with Crippen LogP contribution >= 0.6 is 0 Å². The Morgan fingerprint density at radius 2 is 1.05 bits per heavy atom. The van der Waals surface area contributed by atoms with Crippen LogP contribution in [0.15, 0.2) is 152 Å². The summed E-state index contributed by atoms with van der Waals surface area (Å²) in [5, 5.41) is 17.3. The lowest BCUT2D eigenvalue weighted by atomic mass is 10.0. The first-order valence-electron chi connectivity index (χ1n) is 12.4. The number of phenols is 2. The van der Waals surface area contributed by atoms with Gasteiger partial charge >= 0.3 is 0 Å². The van der Waals surface area contributed by atoms with E-state index < -0.39 is 0 Å². The van der Waals surface area contributed by atoms with Gasteiger partial charge < -0.3 is 15.1 Å². The van der Waals surface area contributed by atoms with Gasteiger partial charge in [0.05, 0.1) is 0 Å². The number of benzene rings is 5. The number of hydrogen-bond donors (Lipinski definition) is 3. The first kappa shape index (κ1) is 28.3. The summed E-state index contributed by atoms with van der Waals surface area (Å²) >= 11 is 0. The Balaban J connectivity index is 0.000000152. The van der Waals surface area contributed by atoms with Gasteiger partial charge in [0.15, 0.2) is 11.5 Å². The van der Waals surface area contributed by atoms with Crippen LogP contribution in [0.5, 0.6) is 17.2 Å². The lowest BCUT2D eigenvalue weighted by Crippen LogP contribution is -2.13. The van der Waals surface area contributed by atoms with Gasteiger partial charge in [0.25, 0.3) is 0 Å². The van der Waals surface area contributed by atoms with Crippen molar-refractivity contribution in [3.05, 3.63) is 168 Å². The highest BCUT2D eigenvalue weighted by atomic mass is 16.6. The molecule has 3 N–H and O–H groups in total. The van der Waals surface area contributed by atoms with E-state index in [1.54, 1.807) is 54.7 Å². The molecule has 0 unspecified atom stereocenters. The maximum atomic E-state index is 11.8. The second-order valence-corrected chi connectivity index (χ2v) is 8.21. The molecule has 5 heteroatoms. The Morgan fingerprint density at radius 3 is 1.54 bits per heavy atom. The molecule has 0 saturated heterocycles. The molecule has 0 amide bonds. The number of aromatic hydroxyl groups is 2. The average Bonchev–Trinajstić information content (AvgIpc) is 3.00. The summed E-state index contributed by atoms with van der Waals surface area (Å²) in [7, 11) is 0. The number of hydroxylamine groups is 1. The molecule has 1 heterocycles. The molecule has 0 fully saturated rings. The van der Waals surface area contributed by atoms with Crippen molar-refractivity contribution >= 4 is 11.9 Å². The van der Waals surface area contributed by atoms with Crippen LogP contribution in [-0.4, -0.2) is 16.0 Å². The van der Waals surface area contributed by atoms with E-state index in [0.717, 1.165) is 22.4 Å². The van der Waals surface area contributed by atoms with Gasteiger partial charge in [-0.3, -0.25) is 4.79 Å². The Kier molecular flexibility index (Phi) is 11.9. The van der Waals surface area contributed by atoms with E-state index >= 15 is 0 Å². The average molecular weight is 518 g/mol. The highest BCUT2D eigenvalue weighted by molar-refractivity contribution is 5.97. The predicted molar refractivity (Wildman–Crippen MR) is 156 cm³/mol. The van der Waals surface area contributed by atoms with E-state index in [0.29, 0.717) is 17.9 Å². The van der Waals surface area contributed by atoms with Crippen LogP contribution in [-0.2, 0) is 6.42 Å². The summed E-state index contributed by atoms with van der Waals surface area (Å²) in [5.41, 5.74) is 5.61. The maximum Gasteiger partial charge on any atom is 0.167 e. The fourth-order valence-corrected chi connectivity index (χ4v) is 3.30.